The van der Waals surface area contributed by atoms with Crippen molar-refractivity contribution in [3.63, 3.8) is 0 Å². The molecule has 0 heterocycles. The zero-order valence-corrected chi connectivity index (χ0v) is 10.3. The second-order valence-electron chi connectivity index (χ2n) is 4.96. The zero-order valence-electron chi connectivity index (χ0n) is 9.52. The first-order chi connectivity index (χ1) is 5.81. The molecule has 0 unspecified atom stereocenters. The number of carbonyl (C=O) groups is 1. The fourth-order valence-corrected chi connectivity index (χ4v) is 1.51. The molecular formula is C11H22OS. The van der Waals surface area contributed by atoms with E-state index in [9.17, 15) is 4.79 Å². The predicted octanol–water partition coefficient (Wildman–Crippen LogP) is 3.52. The van der Waals surface area contributed by atoms with Gasteiger partial charge in [0.15, 0.2) is 0 Å². The van der Waals surface area contributed by atoms with Crippen LogP contribution >= 0.6 is 11.8 Å². The minimum atomic E-state index is 0.290. The van der Waals surface area contributed by atoms with Gasteiger partial charge >= 0.3 is 0 Å². The van der Waals surface area contributed by atoms with E-state index in [0.29, 0.717) is 16.8 Å². The van der Waals surface area contributed by atoms with Crippen LogP contribution in [-0.2, 0) is 4.79 Å². The summed E-state index contributed by atoms with van der Waals surface area (Å²) in [5.74, 6) is 1.09. The minimum absolute atomic E-state index is 0.290. The SMILES string of the molecule is CC(C)SCC(=O)CCC(C)(C)C. The van der Waals surface area contributed by atoms with Crippen LogP contribution in [0.3, 0.4) is 0 Å². The van der Waals surface area contributed by atoms with Gasteiger partial charge in [0.2, 0.25) is 0 Å². The van der Waals surface area contributed by atoms with E-state index in [0.717, 1.165) is 12.8 Å². The Morgan fingerprint density at radius 2 is 1.85 bits per heavy atom. The molecule has 0 aromatic rings. The molecule has 0 rings (SSSR count). The highest BCUT2D eigenvalue weighted by Crippen LogP contribution is 2.21. The predicted molar refractivity (Wildman–Crippen MR) is 61.3 cm³/mol. The molecule has 0 saturated carbocycles. The van der Waals surface area contributed by atoms with Gasteiger partial charge in [-0.2, -0.15) is 11.8 Å². The first-order valence-electron chi connectivity index (χ1n) is 4.94. The van der Waals surface area contributed by atoms with Gasteiger partial charge < -0.3 is 0 Å². The van der Waals surface area contributed by atoms with Crippen LogP contribution in [0.2, 0.25) is 0 Å². The third-order valence-corrected chi connectivity index (χ3v) is 2.89. The summed E-state index contributed by atoms with van der Waals surface area (Å²) in [6, 6.07) is 0. The Kier molecular flexibility index (Phi) is 5.70. The Morgan fingerprint density at radius 3 is 2.23 bits per heavy atom. The van der Waals surface area contributed by atoms with E-state index in [1.807, 2.05) is 0 Å². The third kappa shape index (κ3) is 9.94. The summed E-state index contributed by atoms with van der Waals surface area (Å²) < 4.78 is 0. The van der Waals surface area contributed by atoms with Crippen LogP contribution in [0.5, 0.6) is 0 Å². The van der Waals surface area contributed by atoms with Crippen molar-refractivity contribution in [2.24, 2.45) is 5.41 Å². The molecule has 0 spiro atoms. The summed E-state index contributed by atoms with van der Waals surface area (Å²) >= 11 is 1.74. The van der Waals surface area contributed by atoms with E-state index < -0.39 is 0 Å². The minimum Gasteiger partial charge on any atom is -0.299 e. The van der Waals surface area contributed by atoms with Crippen molar-refractivity contribution in [2.75, 3.05) is 5.75 Å². The lowest BCUT2D eigenvalue weighted by Gasteiger charge is -2.17. The fraction of sp³-hybridized carbons (Fsp3) is 0.909. The molecule has 0 aromatic carbocycles. The molecule has 0 radical (unpaired) electrons. The highest BCUT2D eigenvalue weighted by atomic mass is 32.2. The molecule has 0 atom stereocenters. The van der Waals surface area contributed by atoms with Crippen LogP contribution in [0.15, 0.2) is 0 Å². The van der Waals surface area contributed by atoms with E-state index in [-0.39, 0.29) is 5.41 Å². The summed E-state index contributed by atoms with van der Waals surface area (Å²) in [6.07, 6.45) is 1.74. The van der Waals surface area contributed by atoms with E-state index in [4.69, 9.17) is 0 Å². The molecule has 1 nitrogen and oxygen atoms in total. The molecule has 0 amide bonds. The number of carbonyl (C=O) groups excluding carboxylic acids is 1. The van der Waals surface area contributed by atoms with Gasteiger partial charge in [0.25, 0.3) is 0 Å². The Bertz CT molecular complexity index is 156. The van der Waals surface area contributed by atoms with E-state index in [1.54, 1.807) is 11.8 Å². The zero-order chi connectivity index (χ0) is 10.5. The molecule has 78 valence electrons. The summed E-state index contributed by atoms with van der Waals surface area (Å²) in [4.78, 5) is 11.4. The maximum atomic E-state index is 11.4. The van der Waals surface area contributed by atoms with Crippen molar-refractivity contribution in [3.8, 4) is 0 Å². The number of Topliss-reactive ketones (excluding diaryl/α,β-unsaturated/α-hetero) is 1. The van der Waals surface area contributed by atoms with E-state index >= 15 is 0 Å². The quantitative estimate of drug-likeness (QED) is 0.678. The van der Waals surface area contributed by atoms with Gasteiger partial charge in [0.1, 0.15) is 5.78 Å². The van der Waals surface area contributed by atoms with Gasteiger partial charge in [-0.15, -0.1) is 0 Å². The van der Waals surface area contributed by atoms with Crippen LogP contribution in [0, 0.1) is 5.41 Å². The van der Waals surface area contributed by atoms with Crippen molar-refractivity contribution in [1.29, 1.82) is 0 Å². The first-order valence-corrected chi connectivity index (χ1v) is 5.99. The Morgan fingerprint density at radius 1 is 1.31 bits per heavy atom. The molecule has 0 aliphatic rings. The summed E-state index contributed by atoms with van der Waals surface area (Å²) in [6.45, 7) is 10.8. The van der Waals surface area contributed by atoms with Gasteiger partial charge in [-0.3, -0.25) is 4.79 Å². The van der Waals surface area contributed by atoms with Gasteiger partial charge in [0, 0.05) is 6.42 Å². The molecule has 2 heteroatoms. The summed E-state index contributed by atoms with van der Waals surface area (Å²) in [5.41, 5.74) is 0.290. The molecule has 13 heavy (non-hydrogen) atoms. The Balaban J connectivity index is 3.53. The van der Waals surface area contributed by atoms with Crippen molar-refractivity contribution < 1.29 is 4.79 Å². The maximum Gasteiger partial charge on any atom is 0.142 e. The van der Waals surface area contributed by atoms with Gasteiger partial charge in [-0.25, -0.2) is 0 Å². The lowest BCUT2D eigenvalue weighted by molar-refractivity contribution is -0.117. The summed E-state index contributed by atoms with van der Waals surface area (Å²) in [5, 5.41) is 0.568. The number of hydrogen-bond donors (Lipinski definition) is 0. The second-order valence-corrected chi connectivity index (χ2v) is 6.52. The van der Waals surface area contributed by atoms with Crippen molar-refractivity contribution in [1.82, 2.24) is 0 Å². The Hall–Kier alpha value is 0.0200. The molecule has 0 aromatic heterocycles. The van der Waals surface area contributed by atoms with Crippen LogP contribution in [0.25, 0.3) is 0 Å². The smallest absolute Gasteiger partial charge is 0.142 e. The standard InChI is InChI=1S/C11H22OS/c1-9(2)13-8-10(12)6-7-11(3,4)5/h9H,6-8H2,1-5H3. The number of rotatable bonds is 5. The first kappa shape index (κ1) is 13.0. The van der Waals surface area contributed by atoms with E-state index in [2.05, 4.69) is 34.6 Å². The highest BCUT2D eigenvalue weighted by molar-refractivity contribution is 8.00. The third-order valence-electron chi connectivity index (χ3n) is 1.73. The molecule has 0 fully saturated rings. The monoisotopic (exact) mass is 202 g/mol. The molecule has 0 saturated heterocycles. The molecular weight excluding hydrogens is 180 g/mol. The van der Waals surface area contributed by atoms with Crippen LogP contribution in [0.4, 0.5) is 0 Å². The fourth-order valence-electron chi connectivity index (χ4n) is 0.846. The molecule has 0 aliphatic heterocycles. The van der Waals surface area contributed by atoms with E-state index in [1.165, 1.54) is 0 Å². The van der Waals surface area contributed by atoms with Gasteiger partial charge in [0.05, 0.1) is 5.75 Å². The highest BCUT2D eigenvalue weighted by Gasteiger charge is 2.12. The van der Waals surface area contributed by atoms with Gasteiger partial charge in [-0.05, 0) is 17.1 Å². The topological polar surface area (TPSA) is 17.1 Å². The maximum absolute atomic E-state index is 11.4. The number of ketones is 1. The lowest BCUT2D eigenvalue weighted by atomic mass is 9.90. The Labute approximate surface area is 86.7 Å². The second kappa shape index (κ2) is 5.69. The van der Waals surface area contributed by atoms with Crippen molar-refractivity contribution in [3.05, 3.63) is 0 Å². The number of hydrogen-bond acceptors (Lipinski definition) is 2. The van der Waals surface area contributed by atoms with Crippen molar-refractivity contribution in [2.45, 2.75) is 52.7 Å². The largest absolute Gasteiger partial charge is 0.299 e. The van der Waals surface area contributed by atoms with Crippen LogP contribution in [-0.4, -0.2) is 16.8 Å². The average Bonchev–Trinajstić information content (AvgIpc) is 1.95. The lowest BCUT2D eigenvalue weighted by Crippen LogP contribution is -2.11. The number of thioether (sulfide) groups is 1. The normalized spacial score (nSPS) is 12.2. The van der Waals surface area contributed by atoms with Crippen LogP contribution in [0.1, 0.15) is 47.5 Å². The van der Waals surface area contributed by atoms with Crippen LogP contribution < -0.4 is 0 Å². The van der Waals surface area contributed by atoms with Gasteiger partial charge in [-0.1, -0.05) is 34.6 Å². The molecule has 0 aliphatic carbocycles. The molecule has 0 bridgehead atoms. The average molecular weight is 202 g/mol. The molecule has 0 N–H and O–H groups in total. The summed E-state index contributed by atoms with van der Waals surface area (Å²) in [7, 11) is 0. The van der Waals surface area contributed by atoms with Crippen molar-refractivity contribution >= 4 is 17.5 Å².